The van der Waals surface area contributed by atoms with Gasteiger partial charge in [0, 0.05) is 12.6 Å². The van der Waals surface area contributed by atoms with E-state index in [2.05, 4.69) is 10.6 Å². The molecule has 0 aromatic carbocycles. The summed E-state index contributed by atoms with van der Waals surface area (Å²) in [6, 6.07) is 0.367. The molecule has 1 heterocycles. The fourth-order valence-electron chi connectivity index (χ4n) is 1.19. The number of guanidine groups is 1. The second-order valence-corrected chi connectivity index (χ2v) is 2.60. The van der Waals surface area contributed by atoms with Crippen LogP contribution in [0.25, 0.3) is 0 Å². The van der Waals surface area contributed by atoms with E-state index in [4.69, 9.17) is 11.1 Å². The van der Waals surface area contributed by atoms with Crippen LogP contribution in [0.15, 0.2) is 0 Å². The molecule has 0 spiro atoms. The van der Waals surface area contributed by atoms with Crippen molar-refractivity contribution in [3.63, 3.8) is 0 Å². The van der Waals surface area contributed by atoms with E-state index in [0.29, 0.717) is 6.04 Å². The molecule has 0 aliphatic carbocycles. The van der Waals surface area contributed by atoms with Crippen LogP contribution in [-0.4, -0.2) is 25.1 Å². The van der Waals surface area contributed by atoms with E-state index in [9.17, 15) is 0 Å². The van der Waals surface area contributed by atoms with Crippen molar-refractivity contribution in [2.24, 2.45) is 5.73 Å². The summed E-state index contributed by atoms with van der Waals surface area (Å²) in [5.41, 5.74) is 5.17. The first-order chi connectivity index (χ1) is 4.79. The van der Waals surface area contributed by atoms with Gasteiger partial charge < -0.3 is 16.4 Å². The van der Waals surface area contributed by atoms with Crippen LogP contribution in [0.2, 0.25) is 0 Å². The zero-order valence-corrected chi connectivity index (χ0v) is 5.98. The third-order valence-electron chi connectivity index (χ3n) is 1.66. The highest BCUT2D eigenvalue weighted by molar-refractivity contribution is 5.74. The number of piperidine rings is 1. The fraction of sp³-hybridized carbons (Fsp3) is 0.833. The Kier molecular flexibility index (Phi) is 2.50. The van der Waals surface area contributed by atoms with Crippen LogP contribution >= 0.6 is 0 Å². The summed E-state index contributed by atoms with van der Waals surface area (Å²) in [4.78, 5) is 0. The molecule has 0 aromatic heterocycles. The monoisotopic (exact) mass is 142 g/mol. The first kappa shape index (κ1) is 7.34. The van der Waals surface area contributed by atoms with Gasteiger partial charge in [0.25, 0.3) is 0 Å². The van der Waals surface area contributed by atoms with Gasteiger partial charge in [-0.05, 0) is 19.4 Å². The van der Waals surface area contributed by atoms with Crippen molar-refractivity contribution in [3.05, 3.63) is 0 Å². The van der Waals surface area contributed by atoms with Crippen molar-refractivity contribution in [2.45, 2.75) is 18.9 Å². The summed E-state index contributed by atoms with van der Waals surface area (Å²) in [7, 11) is 0. The van der Waals surface area contributed by atoms with Gasteiger partial charge in [-0.3, -0.25) is 5.41 Å². The number of nitrogens with two attached hydrogens (primary N) is 1. The van der Waals surface area contributed by atoms with Gasteiger partial charge in [0.15, 0.2) is 5.96 Å². The second-order valence-electron chi connectivity index (χ2n) is 2.60. The van der Waals surface area contributed by atoms with Gasteiger partial charge in [-0.2, -0.15) is 0 Å². The molecule has 1 rings (SSSR count). The maximum Gasteiger partial charge on any atom is 0.185 e. The lowest BCUT2D eigenvalue weighted by atomic mass is 10.1. The molecule has 0 bridgehead atoms. The minimum absolute atomic E-state index is 0.0775. The number of hydrogen-bond donors (Lipinski definition) is 4. The summed E-state index contributed by atoms with van der Waals surface area (Å²) in [5.74, 6) is 0.0775. The van der Waals surface area contributed by atoms with E-state index in [-0.39, 0.29) is 5.96 Å². The molecule has 4 heteroatoms. The van der Waals surface area contributed by atoms with Crippen molar-refractivity contribution >= 4 is 5.96 Å². The van der Waals surface area contributed by atoms with Crippen LogP contribution in [0, 0.1) is 5.41 Å². The molecule has 1 atom stereocenters. The molecule has 0 saturated carbocycles. The van der Waals surface area contributed by atoms with E-state index in [1.165, 1.54) is 6.42 Å². The summed E-state index contributed by atoms with van der Waals surface area (Å²) in [6.45, 7) is 2.02. The Morgan fingerprint density at radius 1 is 1.70 bits per heavy atom. The van der Waals surface area contributed by atoms with Crippen LogP contribution in [0.4, 0.5) is 0 Å². The van der Waals surface area contributed by atoms with Gasteiger partial charge in [0.2, 0.25) is 0 Å². The molecule has 1 saturated heterocycles. The lowest BCUT2D eigenvalue weighted by Crippen LogP contribution is -2.47. The fourth-order valence-corrected chi connectivity index (χ4v) is 1.19. The Morgan fingerprint density at radius 3 is 3.00 bits per heavy atom. The quantitative estimate of drug-likeness (QED) is 0.287. The Labute approximate surface area is 60.7 Å². The minimum Gasteiger partial charge on any atom is -0.370 e. The minimum atomic E-state index is 0.0775. The Balaban J connectivity index is 2.19. The zero-order chi connectivity index (χ0) is 7.40. The lowest BCUT2D eigenvalue weighted by molar-refractivity contribution is 0.430. The van der Waals surface area contributed by atoms with Crippen LogP contribution in [0.1, 0.15) is 12.8 Å². The number of hydrogen-bond acceptors (Lipinski definition) is 2. The SMILES string of the molecule is N=C(N)N[C@@H]1CCCNC1. The molecule has 0 unspecified atom stereocenters. The molecule has 0 amide bonds. The maximum atomic E-state index is 6.97. The van der Waals surface area contributed by atoms with Gasteiger partial charge in [-0.25, -0.2) is 0 Å². The molecule has 1 aliphatic heterocycles. The van der Waals surface area contributed by atoms with Gasteiger partial charge in [-0.15, -0.1) is 0 Å². The largest absolute Gasteiger partial charge is 0.370 e. The van der Waals surface area contributed by atoms with Crippen molar-refractivity contribution in [1.29, 1.82) is 5.41 Å². The van der Waals surface area contributed by atoms with Gasteiger partial charge in [-0.1, -0.05) is 0 Å². The van der Waals surface area contributed by atoms with Crippen LogP contribution in [0.5, 0.6) is 0 Å². The highest BCUT2D eigenvalue weighted by atomic mass is 15.1. The van der Waals surface area contributed by atoms with Gasteiger partial charge >= 0.3 is 0 Å². The maximum absolute atomic E-state index is 6.97. The van der Waals surface area contributed by atoms with E-state index in [0.717, 1.165) is 19.5 Å². The average molecular weight is 142 g/mol. The molecule has 1 aliphatic rings. The average Bonchev–Trinajstić information content (AvgIpc) is 1.88. The van der Waals surface area contributed by atoms with Crippen LogP contribution in [0.3, 0.4) is 0 Å². The topological polar surface area (TPSA) is 73.9 Å². The summed E-state index contributed by atoms with van der Waals surface area (Å²) >= 11 is 0. The number of rotatable bonds is 1. The van der Waals surface area contributed by atoms with Gasteiger partial charge in [0.1, 0.15) is 0 Å². The highest BCUT2D eigenvalue weighted by Crippen LogP contribution is 1.99. The predicted octanol–water partition coefficient (Wildman–Crippen LogP) is -0.779. The van der Waals surface area contributed by atoms with Crippen LogP contribution < -0.4 is 16.4 Å². The second kappa shape index (κ2) is 3.41. The summed E-state index contributed by atoms with van der Waals surface area (Å²) in [6.07, 6.45) is 2.29. The van der Waals surface area contributed by atoms with E-state index < -0.39 is 0 Å². The van der Waals surface area contributed by atoms with E-state index in [1.807, 2.05) is 0 Å². The number of nitrogens with one attached hydrogen (secondary N) is 3. The first-order valence-electron chi connectivity index (χ1n) is 3.60. The Morgan fingerprint density at radius 2 is 2.50 bits per heavy atom. The Hall–Kier alpha value is -0.770. The molecular formula is C6H14N4. The predicted molar refractivity (Wildman–Crippen MR) is 40.9 cm³/mol. The van der Waals surface area contributed by atoms with Gasteiger partial charge in [0.05, 0.1) is 0 Å². The van der Waals surface area contributed by atoms with Crippen LogP contribution in [-0.2, 0) is 0 Å². The standard InChI is InChI=1S/C6H14N4/c7-6(8)10-5-2-1-3-9-4-5/h5,9H,1-4H2,(H4,7,8,10)/t5-/m1/s1. The molecule has 4 nitrogen and oxygen atoms in total. The van der Waals surface area contributed by atoms with Crippen molar-refractivity contribution in [1.82, 2.24) is 10.6 Å². The molecule has 0 aromatic rings. The smallest absolute Gasteiger partial charge is 0.185 e. The van der Waals surface area contributed by atoms with E-state index in [1.54, 1.807) is 0 Å². The third-order valence-corrected chi connectivity index (χ3v) is 1.66. The first-order valence-corrected chi connectivity index (χ1v) is 3.60. The Bertz CT molecular complexity index is 117. The molecule has 1 fully saturated rings. The zero-order valence-electron chi connectivity index (χ0n) is 5.98. The third kappa shape index (κ3) is 2.23. The molecule has 0 radical (unpaired) electrons. The molecule has 58 valence electrons. The molecule has 10 heavy (non-hydrogen) atoms. The van der Waals surface area contributed by atoms with Crippen molar-refractivity contribution < 1.29 is 0 Å². The normalized spacial score (nSPS) is 25.8. The van der Waals surface area contributed by atoms with Crippen molar-refractivity contribution in [2.75, 3.05) is 13.1 Å². The van der Waals surface area contributed by atoms with Crippen molar-refractivity contribution in [3.8, 4) is 0 Å². The molecule has 5 N–H and O–H groups in total. The van der Waals surface area contributed by atoms with E-state index >= 15 is 0 Å². The molecular weight excluding hydrogens is 128 g/mol. The summed E-state index contributed by atoms with van der Waals surface area (Å²) < 4.78 is 0. The lowest BCUT2D eigenvalue weighted by Gasteiger charge is -2.23. The highest BCUT2D eigenvalue weighted by Gasteiger charge is 2.11. The summed E-state index contributed by atoms with van der Waals surface area (Å²) in [5, 5.41) is 13.1.